The van der Waals surface area contributed by atoms with E-state index in [1.165, 1.54) is 0 Å². The van der Waals surface area contributed by atoms with E-state index in [0.717, 1.165) is 0 Å². The van der Waals surface area contributed by atoms with Gasteiger partial charge >= 0.3 is 48.2 Å². The number of halogens is 20. The van der Waals surface area contributed by atoms with E-state index < -0.39 is 59.9 Å². The lowest BCUT2D eigenvalue weighted by molar-refractivity contribution is -0.392. The van der Waals surface area contributed by atoms with E-state index in [-0.39, 0.29) is 0 Å². The summed E-state index contributed by atoms with van der Waals surface area (Å²) in [6.45, 7) is 0. The Bertz CT molecular complexity index is 648. The Labute approximate surface area is 149 Å². The van der Waals surface area contributed by atoms with Gasteiger partial charge in [0, 0.05) is 0 Å². The van der Waals surface area contributed by atoms with Crippen molar-refractivity contribution in [3.05, 3.63) is 23.8 Å². The first-order chi connectivity index (χ1) is 12.7. The van der Waals surface area contributed by atoms with E-state index in [2.05, 4.69) is 0 Å². The SMILES string of the molecule is FC(F)=C(F)C(F)(F)C(F)(F)C(F)(F)C(F)(F)F.FC(F)=C(F)C(F)(F)C(F)(F)F. The minimum absolute atomic E-state index is 3.68. The molecule has 0 saturated carbocycles. The standard InChI is InChI=1S/C6F12.C4F8/c7-1(2(8)9)3(10,11)4(12,13)5(14,15)6(16,17)18;5-1(2(6)7)3(8,9)4(10,11)12. The fourth-order valence-corrected chi connectivity index (χ4v) is 0.875. The van der Waals surface area contributed by atoms with Crippen molar-refractivity contribution in [1.29, 1.82) is 0 Å². The Hall–Kier alpha value is -1.92. The van der Waals surface area contributed by atoms with E-state index in [9.17, 15) is 87.8 Å². The molecule has 0 atom stereocenters. The molecular weight excluding hydrogens is 500 g/mol. The molecule has 0 nitrogen and oxygen atoms in total. The van der Waals surface area contributed by atoms with Crippen LogP contribution in [0.15, 0.2) is 23.8 Å². The fourth-order valence-electron chi connectivity index (χ4n) is 0.875. The smallest absolute Gasteiger partial charge is 0.199 e. The van der Waals surface area contributed by atoms with Gasteiger partial charge in [-0.3, -0.25) is 0 Å². The van der Waals surface area contributed by atoms with Crippen molar-refractivity contribution in [2.75, 3.05) is 0 Å². The van der Waals surface area contributed by atoms with Gasteiger partial charge in [0.15, 0.2) is 0 Å². The minimum atomic E-state index is -7.42. The second-order valence-electron chi connectivity index (χ2n) is 4.44. The van der Waals surface area contributed by atoms with Crippen molar-refractivity contribution in [2.45, 2.75) is 36.0 Å². The monoisotopic (exact) mass is 500 g/mol. The summed E-state index contributed by atoms with van der Waals surface area (Å²) in [5.41, 5.74) is 0. The van der Waals surface area contributed by atoms with Crippen LogP contribution in [-0.4, -0.2) is 36.0 Å². The van der Waals surface area contributed by atoms with Crippen molar-refractivity contribution in [1.82, 2.24) is 0 Å². The van der Waals surface area contributed by atoms with Crippen LogP contribution in [-0.2, 0) is 0 Å². The Kier molecular flexibility index (Phi) is 8.75. The van der Waals surface area contributed by atoms with Gasteiger partial charge in [-0.25, -0.2) is 0 Å². The predicted molar refractivity (Wildman–Crippen MR) is 52.6 cm³/mol. The summed E-state index contributed by atoms with van der Waals surface area (Å²) in [7, 11) is 0. The molecule has 0 aromatic rings. The molecule has 0 bridgehead atoms. The van der Waals surface area contributed by atoms with Crippen LogP contribution in [0, 0.1) is 0 Å². The summed E-state index contributed by atoms with van der Waals surface area (Å²) in [5, 5.41) is 0. The minimum Gasteiger partial charge on any atom is -0.199 e. The maximum absolute atomic E-state index is 12.3. The van der Waals surface area contributed by atoms with E-state index in [4.69, 9.17) is 0 Å². The Morgan fingerprint density at radius 1 is 0.333 bits per heavy atom. The molecule has 0 aromatic carbocycles. The average Bonchev–Trinajstić information content (AvgIpc) is 2.50. The molecule has 0 unspecified atom stereocenters. The van der Waals surface area contributed by atoms with Gasteiger partial charge in [-0.2, -0.15) is 87.8 Å². The molecule has 180 valence electrons. The largest absolute Gasteiger partial charge is 0.460 e. The summed E-state index contributed by atoms with van der Waals surface area (Å²) in [5.74, 6) is -36.1. The summed E-state index contributed by atoms with van der Waals surface area (Å²) < 4.78 is 232. The van der Waals surface area contributed by atoms with Crippen LogP contribution in [0.4, 0.5) is 87.8 Å². The zero-order valence-corrected chi connectivity index (χ0v) is 12.6. The Morgan fingerprint density at radius 3 is 0.767 bits per heavy atom. The number of allylic oxidation sites excluding steroid dienone is 2. The van der Waals surface area contributed by atoms with E-state index in [1.807, 2.05) is 0 Å². The molecule has 0 radical (unpaired) electrons. The number of hydrogen-bond acceptors (Lipinski definition) is 0. The van der Waals surface area contributed by atoms with Crippen LogP contribution in [0.25, 0.3) is 0 Å². The normalized spacial score (nSPS) is 14.0. The summed E-state index contributed by atoms with van der Waals surface area (Å²) >= 11 is 0. The molecule has 0 rings (SSSR count). The van der Waals surface area contributed by atoms with Gasteiger partial charge in [0.25, 0.3) is 0 Å². The fraction of sp³-hybridized carbons (Fsp3) is 0.600. The third kappa shape index (κ3) is 5.61. The molecule has 0 heterocycles. The predicted octanol–water partition coefficient (Wildman–Crippen LogP) is 7.79. The zero-order valence-electron chi connectivity index (χ0n) is 12.6. The van der Waals surface area contributed by atoms with Crippen LogP contribution in [0.5, 0.6) is 0 Å². The molecule has 0 amide bonds. The van der Waals surface area contributed by atoms with Crippen LogP contribution in [0.2, 0.25) is 0 Å². The third-order valence-corrected chi connectivity index (χ3v) is 2.38. The lowest BCUT2D eigenvalue weighted by atomic mass is 10.0. The molecule has 30 heavy (non-hydrogen) atoms. The number of rotatable bonds is 4. The maximum Gasteiger partial charge on any atom is 0.460 e. The molecule has 0 fully saturated rings. The van der Waals surface area contributed by atoms with Crippen molar-refractivity contribution >= 4 is 0 Å². The van der Waals surface area contributed by atoms with Crippen LogP contribution in [0.1, 0.15) is 0 Å². The molecular formula is C10F20. The number of hydrogen-bond donors (Lipinski definition) is 0. The Balaban J connectivity index is 0. The van der Waals surface area contributed by atoms with Crippen molar-refractivity contribution < 1.29 is 87.8 Å². The van der Waals surface area contributed by atoms with E-state index in [0.29, 0.717) is 0 Å². The van der Waals surface area contributed by atoms with Gasteiger partial charge in [-0.1, -0.05) is 0 Å². The molecule has 20 heteroatoms. The lowest BCUT2D eigenvalue weighted by Crippen LogP contribution is -2.61. The summed E-state index contributed by atoms with van der Waals surface area (Å²) in [6.07, 6.45) is -21.4. The lowest BCUT2D eigenvalue weighted by Gasteiger charge is -2.32. The molecule has 0 aliphatic carbocycles. The quantitative estimate of drug-likeness (QED) is 0.346. The average molecular weight is 500 g/mol. The first-order valence-corrected chi connectivity index (χ1v) is 5.78. The van der Waals surface area contributed by atoms with Gasteiger partial charge in [-0.05, 0) is 0 Å². The first kappa shape index (κ1) is 30.3. The van der Waals surface area contributed by atoms with E-state index >= 15 is 0 Å². The topological polar surface area (TPSA) is 0 Å². The van der Waals surface area contributed by atoms with Crippen molar-refractivity contribution in [3.8, 4) is 0 Å². The molecule has 0 aromatic heterocycles. The zero-order chi connectivity index (χ0) is 25.3. The maximum atomic E-state index is 12.3. The molecule has 0 aliphatic heterocycles. The second-order valence-corrected chi connectivity index (χ2v) is 4.44. The van der Waals surface area contributed by atoms with Gasteiger partial charge in [0.2, 0.25) is 11.7 Å². The molecule has 0 spiro atoms. The summed E-state index contributed by atoms with van der Waals surface area (Å²) in [4.78, 5) is 0. The highest BCUT2D eigenvalue weighted by molar-refractivity contribution is 5.15. The summed E-state index contributed by atoms with van der Waals surface area (Å²) in [6, 6.07) is 0. The second kappa shape index (κ2) is 8.67. The van der Waals surface area contributed by atoms with Gasteiger partial charge in [-0.15, -0.1) is 0 Å². The molecule has 0 saturated heterocycles. The highest BCUT2D eigenvalue weighted by atomic mass is 19.4. The number of alkyl halides is 14. The van der Waals surface area contributed by atoms with Gasteiger partial charge in [0.1, 0.15) is 0 Å². The molecule has 0 aliphatic rings. The Morgan fingerprint density at radius 2 is 0.600 bits per heavy atom. The van der Waals surface area contributed by atoms with Crippen molar-refractivity contribution in [3.63, 3.8) is 0 Å². The van der Waals surface area contributed by atoms with E-state index in [1.54, 1.807) is 0 Å². The first-order valence-electron chi connectivity index (χ1n) is 5.78. The van der Waals surface area contributed by atoms with Gasteiger partial charge in [0.05, 0.1) is 0 Å². The van der Waals surface area contributed by atoms with Crippen LogP contribution >= 0.6 is 0 Å². The highest BCUT2D eigenvalue weighted by Crippen LogP contribution is 2.55. The highest BCUT2D eigenvalue weighted by Gasteiger charge is 2.83. The van der Waals surface area contributed by atoms with Crippen LogP contribution < -0.4 is 0 Å². The van der Waals surface area contributed by atoms with Crippen molar-refractivity contribution in [2.24, 2.45) is 0 Å². The molecule has 0 N–H and O–H groups in total. The third-order valence-electron chi connectivity index (χ3n) is 2.38. The van der Waals surface area contributed by atoms with Gasteiger partial charge < -0.3 is 0 Å². The van der Waals surface area contributed by atoms with Crippen LogP contribution in [0.3, 0.4) is 0 Å².